The van der Waals surface area contributed by atoms with Crippen LogP contribution < -0.4 is 19.6 Å². The van der Waals surface area contributed by atoms with Gasteiger partial charge in [-0.25, -0.2) is 10.4 Å². The Labute approximate surface area is 195 Å². The smallest absolute Gasteiger partial charge is 0.272 e. The minimum absolute atomic E-state index is 0.327. The second-order valence-electron chi connectivity index (χ2n) is 7.13. The third-order valence-corrected chi connectivity index (χ3v) is 5.98. The Kier molecular flexibility index (Phi) is 6.55. The maximum absolute atomic E-state index is 13.1. The summed E-state index contributed by atoms with van der Waals surface area (Å²) >= 11 is 1.60. The lowest BCUT2D eigenvalue weighted by atomic mass is 10.0. The molecule has 0 fully saturated rings. The maximum atomic E-state index is 13.1. The number of amides is 1. The van der Waals surface area contributed by atoms with Gasteiger partial charge in [-0.15, -0.1) is 11.3 Å². The largest absolute Gasteiger partial charge is 0.493 e. The summed E-state index contributed by atoms with van der Waals surface area (Å²) in [6.45, 7) is 2.02. The molecule has 2 aromatic heterocycles. The zero-order valence-corrected chi connectivity index (χ0v) is 19.5. The van der Waals surface area contributed by atoms with Gasteiger partial charge in [-0.1, -0.05) is 18.2 Å². The number of nitrogens with one attached hydrogen (secondary N) is 1. The first-order valence-electron chi connectivity index (χ1n) is 10.1. The van der Waals surface area contributed by atoms with Gasteiger partial charge in [0.05, 0.1) is 44.3 Å². The number of hydrogen-bond acceptors (Lipinski definition) is 7. The summed E-state index contributed by atoms with van der Waals surface area (Å²) < 4.78 is 16.4. The number of carbonyl (C=O) groups excluding carboxylic acids is 1. The standard InChI is InChI=1S/C25H23N3O4S/c1-15-9-10-17(33-15)14-26-28-25(29)19-13-21(27-20-8-6-5-7-18(19)20)16-11-22(30-2)24(32-4)23(12-16)31-3/h5-14H,1-4H3,(H,28,29)/b26-14+. The lowest BCUT2D eigenvalue weighted by molar-refractivity contribution is 0.0956. The van der Waals surface area contributed by atoms with Crippen LogP contribution in [0.25, 0.3) is 22.2 Å². The van der Waals surface area contributed by atoms with Crippen molar-refractivity contribution in [2.24, 2.45) is 5.10 Å². The molecule has 0 spiro atoms. The Morgan fingerprint density at radius 3 is 2.36 bits per heavy atom. The van der Waals surface area contributed by atoms with Gasteiger partial charge in [0.2, 0.25) is 5.75 Å². The molecule has 0 aliphatic carbocycles. The van der Waals surface area contributed by atoms with E-state index < -0.39 is 0 Å². The molecule has 0 saturated heterocycles. The van der Waals surface area contributed by atoms with E-state index >= 15 is 0 Å². The van der Waals surface area contributed by atoms with Crippen LogP contribution in [-0.2, 0) is 0 Å². The SMILES string of the molecule is COc1cc(-c2cc(C(=O)N/N=C/c3ccc(C)s3)c3ccccc3n2)cc(OC)c1OC. The van der Waals surface area contributed by atoms with E-state index in [2.05, 4.69) is 10.5 Å². The van der Waals surface area contributed by atoms with E-state index in [1.54, 1.807) is 57.1 Å². The second kappa shape index (κ2) is 9.70. The molecule has 1 amide bonds. The molecule has 0 radical (unpaired) electrons. The van der Waals surface area contributed by atoms with Gasteiger partial charge in [0.15, 0.2) is 11.5 Å². The van der Waals surface area contributed by atoms with Gasteiger partial charge in [0.1, 0.15) is 0 Å². The number of thiophene rings is 1. The van der Waals surface area contributed by atoms with Crippen molar-refractivity contribution in [1.82, 2.24) is 10.4 Å². The van der Waals surface area contributed by atoms with Crippen molar-refractivity contribution in [1.29, 1.82) is 0 Å². The predicted octanol–water partition coefficient (Wildman–Crippen LogP) is 5.06. The summed E-state index contributed by atoms with van der Waals surface area (Å²) in [6.07, 6.45) is 1.64. The quantitative estimate of drug-likeness (QED) is 0.307. The summed E-state index contributed by atoms with van der Waals surface area (Å²) in [5.74, 6) is 1.17. The third-order valence-electron chi connectivity index (χ3n) is 5.04. The average Bonchev–Trinajstić information content (AvgIpc) is 3.26. The van der Waals surface area contributed by atoms with E-state index in [4.69, 9.17) is 19.2 Å². The predicted molar refractivity (Wildman–Crippen MR) is 131 cm³/mol. The zero-order valence-electron chi connectivity index (χ0n) is 18.7. The van der Waals surface area contributed by atoms with Crippen LogP contribution >= 0.6 is 11.3 Å². The van der Waals surface area contributed by atoms with Gasteiger partial charge >= 0.3 is 0 Å². The van der Waals surface area contributed by atoms with Gasteiger partial charge in [-0.2, -0.15) is 5.10 Å². The number of aromatic nitrogens is 1. The summed E-state index contributed by atoms with van der Waals surface area (Å²) in [5, 5.41) is 4.86. The first kappa shape index (κ1) is 22.3. The lowest BCUT2D eigenvalue weighted by Gasteiger charge is -2.15. The van der Waals surface area contributed by atoms with E-state index in [1.807, 2.05) is 43.3 Å². The minimum Gasteiger partial charge on any atom is -0.493 e. The monoisotopic (exact) mass is 461 g/mol. The van der Waals surface area contributed by atoms with Gasteiger partial charge in [0.25, 0.3) is 5.91 Å². The minimum atomic E-state index is -0.327. The maximum Gasteiger partial charge on any atom is 0.272 e. The van der Waals surface area contributed by atoms with Crippen molar-refractivity contribution in [3.63, 3.8) is 0 Å². The number of methoxy groups -OCH3 is 3. The van der Waals surface area contributed by atoms with Crippen LogP contribution in [0.15, 0.2) is 59.7 Å². The Bertz CT molecular complexity index is 1320. The number of hydrogen-bond donors (Lipinski definition) is 1. The fourth-order valence-corrected chi connectivity index (χ4v) is 4.23. The molecule has 33 heavy (non-hydrogen) atoms. The number of fused-ring (bicyclic) bond motifs is 1. The van der Waals surface area contributed by atoms with E-state index in [1.165, 1.54) is 4.88 Å². The van der Waals surface area contributed by atoms with Crippen molar-refractivity contribution in [2.45, 2.75) is 6.92 Å². The van der Waals surface area contributed by atoms with E-state index in [9.17, 15) is 4.79 Å². The molecule has 0 bridgehead atoms. The zero-order chi connectivity index (χ0) is 23.4. The van der Waals surface area contributed by atoms with E-state index in [0.29, 0.717) is 34.0 Å². The Hall–Kier alpha value is -3.91. The van der Waals surface area contributed by atoms with Crippen molar-refractivity contribution in [3.05, 3.63) is 69.9 Å². The highest BCUT2D eigenvalue weighted by molar-refractivity contribution is 7.13. The number of ether oxygens (including phenoxy) is 3. The van der Waals surface area contributed by atoms with Crippen molar-refractivity contribution in [3.8, 4) is 28.5 Å². The molecule has 2 heterocycles. The van der Waals surface area contributed by atoms with E-state index in [0.717, 1.165) is 15.8 Å². The third kappa shape index (κ3) is 4.65. The van der Waals surface area contributed by atoms with Gasteiger partial charge in [0, 0.05) is 20.7 Å². The molecule has 4 aromatic rings. The fourth-order valence-electron chi connectivity index (χ4n) is 3.48. The molecule has 2 aromatic carbocycles. The molecule has 0 unspecified atom stereocenters. The normalized spacial score (nSPS) is 11.0. The van der Waals surface area contributed by atoms with Gasteiger partial charge in [-0.3, -0.25) is 4.79 Å². The topological polar surface area (TPSA) is 82.0 Å². The molecule has 4 rings (SSSR count). The van der Waals surface area contributed by atoms with Gasteiger partial charge in [-0.05, 0) is 43.3 Å². The summed E-state index contributed by atoms with van der Waals surface area (Å²) in [6, 6.07) is 16.8. The molecule has 7 nitrogen and oxygen atoms in total. The molecular formula is C25H23N3O4S. The average molecular weight is 462 g/mol. The summed E-state index contributed by atoms with van der Waals surface area (Å²) in [4.78, 5) is 20.0. The highest BCUT2D eigenvalue weighted by Crippen LogP contribution is 2.41. The molecule has 8 heteroatoms. The number of benzene rings is 2. The van der Waals surface area contributed by atoms with Crippen LogP contribution in [0.1, 0.15) is 20.1 Å². The molecule has 0 saturated carbocycles. The first-order chi connectivity index (χ1) is 16.0. The molecule has 1 N–H and O–H groups in total. The lowest BCUT2D eigenvalue weighted by Crippen LogP contribution is -2.18. The van der Waals surface area contributed by atoms with Crippen LogP contribution in [-0.4, -0.2) is 38.4 Å². The molecule has 0 atom stereocenters. The van der Waals surface area contributed by atoms with Crippen LogP contribution in [0.4, 0.5) is 0 Å². The molecule has 0 aliphatic heterocycles. The number of pyridine rings is 1. The Morgan fingerprint density at radius 2 is 1.73 bits per heavy atom. The van der Waals surface area contributed by atoms with Crippen LogP contribution in [0, 0.1) is 6.92 Å². The second-order valence-corrected chi connectivity index (χ2v) is 8.45. The highest BCUT2D eigenvalue weighted by Gasteiger charge is 2.18. The van der Waals surface area contributed by atoms with Crippen molar-refractivity contribution in [2.75, 3.05) is 21.3 Å². The first-order valence-corrected chi connectivity index (χ1v) is 11.0. The van der Waals surface area contributed by atoms with E-state index in [-0.39, 0.29) is 5.91 Å². The Morgan fingerprint density at radius 1 is 1.00 bits per heavy atom. The Balaban J connectivity index is 1.76. The van der Waals surface area contributed by atoms with Crippen molar-refractivity contribution < 1.29 is 19.0 Å². The van der Waals surface area contributed by atoms with Crippen LogP contribution in [0.3, 0.4) is 0 Å². The van der Waals surface area contributed by atoms with Crippen molar-refractivity contribution >= 4 is 34.4 Å². The number of rotatable bonds is 7. The molecule has 168 valence electrons. The molecule has 0 aliphatic rings. The number of nitrogens with zero attached hydrogens (tertiary/aromatic N) is 2. The number of para-hydroxylation sites is 1. The van der Waals surface area contributed by atoms with Gasteiger partial charge < -0.3 is 14.2 Å². The van der Waals surface area contributed by atoms with Crippen LogP contribution in [0.5, 0.6) is 17.2 Å². The number of aryl methyl sites for hydroxylation is 1. The molecular weight excluding hydrogens is 438 g/mol. The summed E-state index contributed by atoms with van der Waals surface area (Å²) in [5.41, 5.74) is 5.10. The summed E-state index contributed by atoms with van der Waals surface area (Å²) in [7, 11) is 4.66. The van der Waals surface area contributed by atoms with Crippen LogP contribution in [0.2, 0.25) is 0 Å². The fraction of sp³-hybridized carbons (Fsp3) is 0.160. The number of hydrazone groups is 1. The highest BCUT2D eigenvalue weighted by atomic mass is 32.1. The number of carbonyl (C=O) groups is 1.